The Morgan fingerprint density at radius 2 is 1.77 bits per heavy atom. The highest BCUT2D eigenvalue weighted by atomic mass is 35.5. The lowest BCUT2D eigenvalue weighted by Gasteiger charge is -2.54. The van der Waals surface area contributed by atoms with Gasteiger partial charge in [-0.3, -0.25) is 23.9 Å². The van der Waals surface area contributed by atoms with Crippen LogP contribution in [-0.4, -0.2) is 69.8 Å². The number of aromatic nitrogens is 3. The van der Waals surface area contributed by atoms with Crippen molar-refractivity contribution in [3.05, 3.63) is 96.2 Å². The summed E-state index contributed by atoms with van der Waals surface area (Å²) in [6, 6.07) is 12.9. The number of methoxy groups -OCH3 is 1. The second-order valence-electron chi connectivity index (χ2n) is 12.5. The number of likely N-dealkylation sites (tertiary alicyclic amines) is 1. The maximum absolute atomic E-state index is 13.1. The van der Waals surface area contributed by atoms with Crippen molar-refractivity contribution in [3.63, 3.8) is 0 Å². The van der Waals surface area contributed by atoms with Crippen molar-refractivity contribution < 1.29 is 19.1 Å². The van der Waals surface area contributed by atoms with Crippen LogP contribution < -0.4 is 26.6 Å². The number of benzene rings is 2. The number of ether oxygens (including phenoxy) is 2. The molecular formula is C34H32Cl2N6O6. The SMILES string of the molecule is COc1nc(-c2cccc(-c3cccc(NC(=O)c4cn(C)c(=O)n(C)c4=O)c3Cl)c2Cl)cc2c1C(N1CC3(COCC(=O)N3)C1)CC2. The first-order valence-corrected chi connectivity index (χ1v) is 16.1. The van der Waals surface area contributed by atoms with E-state index in [9.17, 15) is 19.2 Å². The first kappa shape index (κ1) is 32.1. The van der Waals surface area contributed by atoms with E-state index in [1.807, 2.05) is 18.2 Å². The number of fused-ring (bicyclic) bond motifs is 1. The molecule has 7 rings (SSSR count). The molecule has 2 N–H and O–H groups in total. The van der Waals surface area contributed by atoms with Crippen LogP contribution in [0.5, 0.6) is 5.88 Å². The number of nitrogens with one attached hydrogen (secondary N) is 2. The van der Waals surface area contributed by atoms with E-state index in [-0.39, 0.29) is 40.4 Å². The third-order valence-electron chi connectivity index (χ3n) is 9.29. The number of halogens is 2. The quantitative estimate of drug-likeness (QED) is 0.314. The fraction of sp³-hybridized carbons (Fsp3) is 0.324. The fourth-order valence-corrected chi connectivity index (χ4v) is 7.60. The third-order valence-corrected chi connectivity index (χ3v) is 10.1. The van der Waals surface area contributed by atoms with Crippen LogP contribution in [0.3, 0.4) is 0 Å². The number of anilines is 1. The predicted octanol–water partition coefficient (Wildman–Crippen LogP) is 3.57. The number of amides is 2. The normalized spacial score (nSPS) is 18.3. The van der Waals surface area contributed by atoms with Gasteiger partial charge >= 0.3 is 5.69 Å². The van der Waals surface area contributed by atoms with Crippen LogP contribution in [0.1, 0.15) is 33.9 Å². The highest BCUT2D eigenvalue weighted by Gasteiger charge is 2.50. The molecule has 2 fully saturated rings. The summed E-state index contributed by atoms with van der Waals surface area (Å²) in [7, 11) is 4.38. The van der Waals surface area contributed by atoms with Crippen LogP contribution in [0.4, 0.5) is 5.69 Å². The summed E-state index contributed by atoms with van der Waals surface area (Å²) in [4.78, 5) is 57.0. The summed E-state index contributed by atoms with van der Waals surface area (Å²) in [6.07, 6.45) is 2.93. The van der Waals surface area contributed by atoms with E-state index < -0.39 is 17.2 Å². The molecule has 1 unspecified atom stereocenters. The molecule has 2 aromatic carbocycles. The number of morpholine rings is 1. The molecule has 0 bridgehead atoms. The van der Waals surface area contributed by atoms with E-state index in [2.05, 4.69) is 21.6 Å². The van der Waals surface area contributed by atoms with Gasteiger partial charge in [0.15, 0.2) is 0 Å². The topological polar surface area (TPSA) is 137 Å². The molecule has 3 aliphatic rings. The highest BCUT2D eigenvalue weighted by Crippen LogP contribution is 2.47. The Balaban J connectivity index is 1.17. The number of nitrogens with zero attached hydrogens (tertiary/aromatic N) is 4. The van der Waals surface area contributed by atoms with E-state index >= 15 is 0 Å². The molecular weight excluding hydrogens is 659 g/mol. The Hall–Kier alpha value is -4.49. The summed E-state index contributed by atoms with van der Waals surface area (Å²) in [5.74, 6) is -0.256. The number of carbonyl (C=O) groups is 2. The van der Waals surface area contributed by atoms with Crippen LogP contribution >= 0.6 is 23.2 Å². The first-order valence-electron chi connectivity index (χ1n) is 15.4. The first-order chi connectivity index (χ1) is 23.0. The molecule has 2 aliphatic heterocycles. The number of aryl methyl sites for hydroxylation is 2. The molecule has 2 amide bonds. The van der Waals surface area contributed by atoms with E-state index in [0.717, 1.165) is 33.1 Å². The lowest BCUT2D eigenvalue weighted by atomic mass is 9.87. The lowest BCUT2D eigenvalue weighted by molar-refractivity contribution is -0.145. The molecule has 1 aliphatic carbocycles. The molecule has 2 saturated heterocycles. The van der Waals surface area contributed by atoms with Crippen molar-refractivity contribution in [1.29, 1.82) is 0 Å². The maximum Gasteiger partial charge on any atom is 0.330 e. The minimum absolute atomic E-state index is 0.0816. The smallest absolute Gasteiger partial charge is 0.330 e. The van der Waals surface area contributed by atoms with Gasteiger partial charge in [0.2, 0.25) is 11.8 Å². The molecule has 4 heterocycles. The van der Waals surface area contributed by atoms with Gasteiger partial charge in [0.05, 0.1) is 40.7 Å². The molecule has 1 atom stereocenters. The largest absolute Gasteiger partial charge is 0.481 e. The number of hydrogen-bond acceptors (Lipinski definition) is 8. The van der Waals surface area contributed by atoms with Crippen molar-refractivity contribution in [3.8, 4) is 28.3 Å². The number of rotatable bonds is 6. The van der Waals surface area contributed by atoms with Gasteiger partial charge in [0, 0.05) is 61.7 Å². The average molecular weight is 692 g/mol. The molecule has 0 saturated carbocycles. The molecule has 1 spiro atoms. The zero-order valence-corrected chi connectivity index (χ0v) is 27.9. The Bertz CT molecular complexity index is 2120. The van der Waals surface area contributed by atoms with Gasteiger partial charge in [-0.1, -0.05) is 53.5 Å². The summed E-state index contributed by atoms with van der Waals surface area (Å²) in [6.45, 7) is 2.01. The Morgan fingerprint density at radius 1 is 1.06 bits per heavy atom. The minimum Gasteiger partial charge on any atom is -0.481 e. The van der Waals surface area contributed by atoms with Gasteiger partial charge in [-0.15, -0.1) is 0 Å². The summed E-state index contributed by atoms with van der Waals surface area (Å²) >= 11 is 13.9. The van der Waals surface area contributed by atoms with Crippen LogP contribution in [0.25, 0.3) is 22.4 Å². The van der Waals surface area contributed by atoms with Gasteiger partial charge in [-0.05, 0) is 30.5 Å². The number of hydrogen-bond donors (Lipinski definition) is 2. The predicted molar refractivity (Wildman–Crippen MR) is 181 cm³/mol. The molecule has 14 heteroatoms. The van der Waals surface area contributed by atoms with Gasteiger partial charge < -0.3 is 24.7 Å². The zero-order chi connectivity index (χ0) is 33.9. The zero-order valence-electron chi connectivity index (χ0n) is 26.4. The second kappa shape index (κ2) is 12.2. The molecule has 0 radical (unpaired) electrons. The second-order valence-corrected chi connectivity index (χ2v) is 13.2. The van der Waals surface area contributed by atoms with E-state index in [1.54, 1.807) is 25.3 Å². The third kappa shape index (κ3) is 5.38. The van der Waals surface area contributed by atoms with Crippen molar-refractivity contribution in [1.82, 2.24) is 24.3 Å². The van der Waals surface area contributed by atoms with Gasteiger partial charge in [0.25, 0.3) is 11.5 Å². The Kier molecular flexibility index (Phi) is 8.15. The van der Waals surface area contributed by atoms with Crippen molar-refractivity contribution in [2.45, 2.75) is 24.4 Å². The van der Waals surface area contributed by atoms with Gasteiger partial charge in [-0.2, -0.15) is 0 Å². The van der Waals surface area contributed by atoms with Crippen molar-refractivity contribution in [2.24, 2.45) is 14.1 Å². The van der Waals surface area contributed by atoms with Gasteiger partial charge in [0.1, 0.15) is 12.2 Å². The van der Waals surface area contributed by atoms with E-state index in [0.29, 0.717) is 53.0 Å². The van der Waals surface area contributed by atoms with Crippen LogP contribution in [0.2, 0.25) is 10.0 Å². The van der Waals surface area contributed by atoms with Gasteiger partial charge in [-0.25, -0.2) is 9.78 Å². The maximum atomic E-state index is 13.1. The summed E-state index contributed by atoms with van der Waals surface area (Å²) in [5, 5.41) is 6.44. The Morgan fingerprint density at radius 3 is 2.50 bits per heavy atom. The lowest BCUT2D eigenvalue weighted by Crippen LogP contribution is -2.74. The average Bonchev–Trinajstić information content (AvgIpc) is 3.49. The van der Waals surface area contributed by atoms with Crippen molar-refractivity contribution >= 4 is 40.7 Å². The van der Waals surface area contributed by atoms with Crippen LogP contribution in [0.15, 0.2) is 58.3 Å². The molecule has 12 nitrogen and oxygen atoms in total. The van der Waals surface area contributed by atoms with Crippen molar-refractivity contribution in [2.75, 3.05) is 38.7 Å². The minimum atomic E-state index is -0.719. The Labute approximate surface area is 285 Å². The van der Waals surface area contributed by atoms with E-state index in [4.69, 9.17) is 37.7 Å². The highest BCUT2D eigenvalue weighted by molar-refractivity contribution is 6.39. The summed E-state index contributed by atoms with van der Waals surface area (Å²) < 4.78 is 13.4. The van der Waals surface area contributed by atoms with E-state index in [1.165, 1.54) is 20.3 Å². The summed E-state index contributed by atoms with van der Waals surface area (Å²) in [5.41, 5.74) is 3.15. The molecule has 48 heavy (non-hydrogen) atoms. The standard InChI is InChI=1S/C34H32Cl2N6O6/c1-40-13-22(32(45)41(2)33(40)46)30(44)37-23-9-5-7-20(29(23)36)19-6-4-8-21(28(19)35)24-12-18-10-11-25(27(18)31(38-24)47-3)42-15-34(16-42)17-48-14-26(43)39-34/h4-9,12-13,25H,10-11,14-17H2,1-3H3,(H,37,44)(H,39,43). The fourth-order valence-electron chi connectivity index (χ4n) is 7.00. The van der Waals surface area contributed by atoms with Crippen LogP contribution in [0, 0.1) is 0 Å². The number of pyridine rings is 1. The molecule has 248 valence electrons. The molecule has 4 aromatic rings. The number of carbonyl (C=O) groups excluding carboxylic acids is 2. The monoisotopic (exact) mass is 690 g/mol. The molecule has 2 aromatic heterocycles. The van der Waals surface area contributed by atoms with Crippen LogP contribution in [-0.2, 0) is 30.0 Å².